The number of hydrogen-bond acceptors (Lipinski definition) is 5. The first-order valence-corrected chi connectivity index (χ1v) is 5.56. The Labute approximate surface area is 107 Å². The van der Waals surface area contributed by atoms with E-state index in [1.807, 2.05) is 0 Å². The van der Waals surface area contributed by atoms with E-state index in [4.69, 9.17) is 9.63 Å². The molecule has 0 radical (unpaired) electrons. The zero-order chi connectivity index (χ0) is 14.5. The highest BCUT2D eigenvalue weighted by Crippen LogP contribution is 2.17. The number of halogens is 3. The molecule has 0 aliphatic rings. The van der Waals surface area contributed by atoms with Crippen molar-refractivity contribution in [2.75, 3.05) is 19.7 Å². The topological polar surface area (TPSA) is 79.5 Å². The van der Waals surface area contributed by atoms with Gasteiger partial charge in [-0.2, -0.15) is 18.2 Å². The predicted molar refractivity (Wildman–Crippen MR) is 57.1 cm³/mol. The van der Waals surface area contributed by atoms with E-state index in [1.165, 1.54) is 0 Å². The zero-order valence-electron chi connectivity index (χ0n) is 10.3. The van der Waals surface area contributed by atoms with Crippen LogP contribution in [0.4, 0.5) is 13.2 Å². The van der Waals surface area contributed by atoms with Crippen LogP contribution in [0.15, 0.2) is 4.52 Å². The van der Waals surface area contributed by atoms with Gasteiger partial charge in [0, 0.05) is 19.4 Å². The second-order valence-electron chi connectivity index (χ2n) is 3.89. The van der Waals surface area contributed by atoms with Crippen molar-refractivity contribution in [1.29, 1.82) is 0 Å². The maximum Gasteiger partial charge on any atom is 0.406 e. The molecule has 0 aromatic carbocycles. The van der Waals surface area contributed by atoms with Gasteiger partial charge in [0.1, 0.15) is 6.54 Å². The van der Waals surface area contributed by atoms with Crippen LogP contribution in [0.3, 0.4) is 0 Å². The Kier molecular flexibility index (Phi) is 5.28. The lowest BCUT2D eigenvalue weighted by atomic mass is 10.2. The fraction of sp³-hybridized carbons (Fsp3) is 0.700. The number of aliphatic hydroxyl groups excluding tert-OH is 1. The number of alkyl halides is 3. The predicted octanol–water partition coefficient (Wildman–Crippen LogP) is 0.694. The largest absolute Gasteiger partial charge is 0.406 e. The average Bonchev–Trinajstić information content (AvgIpc) is 2.70. The summed E-state index contributed by atoms with van der Waals surface area (Å²) < 4.78 is 41.5. The van der Waals surface area contributed by atoms with Crippen LogP contribution in [-0.4, -0.2) is 51.9 Å². The molecule has 9 heteroatoms. The summed E-state index contributed by atoms with van der Waals surface area (Å²) in [5, 5.41) is 12.2. The Morgan fingerprint density at radius 2 is 2.16 bits per heavy atom. The molecule has 0 bridgehead atoms. The van der Waals surface area contributed by atoms with Crippen molar-refractivity contribution in [3.8, 4) is 0 Å². The van der Waals surface area contributed by atoms with Gasteiger partial charge in [-0.1, -0.05) is 5.16 Å². The summed E-state index contributed by atoms with van der Waals surface area (Å²) in [5.41, 5.74) is 0. The molecule has 1 N–H and O–H groups in total. The molecule has 108 valence electrons. The molecule has 0 aliphatic heterocycles. The number of aryl methyl sites for hydroxylation is 2. The average molecular weight is 281 g/mol. The number of rotatable bonds is 6. The molecule has 1 aromatic rings. The van der Waals surface area contributed by atoms with E-state index in [-0.39, 0.29) is 25.3 Å². The minimum atomic E-state index is -4.49. The molecule has 1 rings (SSSR count). The van der Waals surface area contributed by atoms with E-state index in [9.17, 15) is 18.0 Å². The van der Waals surface area contributed by atoms with Crippen LogP contribution in [-0.2, 0) is 11.2 Å². The van der Waals surface area contributed by atoms with E-state index >= 15 is 0 Å². The molecule has 1 heterocycles. The highest BCUT2D eigenvalue weighted by Gasteiger charge is 2.32. The first kappa shape index (κ1) is 15.4. The first-order valence-electron chi connectivity index (χ1n) is 5.56. The van der Waals surface area contributed by atoms with Gasteiger partial charge in [0.05, 0.1) is 6.61 Å². The van der Waals surface area contributed by atoms with Gasteiger partial charge < -0.3 is 14.5 Å². The number of aromatic nitrogens is 2. The molecular weight excluding hydrogens is 267 g/mol. The first-order chi connectivity index (χ1) is 8.81. The van der Waals surface area contributed by atoms with E-state index in [1.54, 1.807) is 6.92 Å². The van der Waals surface area contributed by atoms with Crippen LogP contribution < -0.4 is 0 Å². The summed E-state index contributed by atoms with van der Waals surface area (Å²) in [4.78, 5) is 16.0. The minimum absolute atomic E-state index is 0.0689. The van der Waals surface area contributed by atoms with Gasteiger partial charge in [0.25, 0.3) is 0 Å². The van der Waals surface area contributed by atoms with E-state index in [0.29, 0.717) is 10.7 Å². The lowest BCUT2D eigenvalue weighted by Gasteiger charge is -2.22. The zero-order valence-corrected chi connectivity index (χ0v) is 10.3. The Morgan fingerprint density at radius 3 is 2.63 bits per heavy atom. The lowest BCUT2D eigenvalue weighted by Crippen LogP contribution is -2.40. The summed E-state index contributed by atoms with van der Waals surface area (Å²) in [5.74, 6) is -0.131. The molecule has 0 atom stereocenters. The highest BCUT2D eigenvalue weighted by molar-refractivity contribution is 5.76. The highest BCUT2D eigenvalue weighted by atomic mass is 19.4. The maximum atomic E-state index is 12.2. The van der Waals surface area contributed by atoms with Gasteiger partial charge >= 0.3 is 6.18 Å². The number of carbonyl (C=O) groups excluding carboxylic acids is 1. The summed E-state index contributed by atoms with van der Waals surface area (Å²) in [6, 6.07) is 0. The molecule has 6 nitrogen and oxygen atoms in total. The molecule has 1 aromatic heterocycles. The van der Waals surface area contributed by atoms with Gasteiger partial charge in [-0.25, -0.2) is 0 Å². The summed E-state index contributed by atoms with van der Waals surface area (Å²) in [6.45, 7) is -0.672. The molecule has 19 heavy (non-hydrogen) atoms. The normalized spacial score (nSPS) is 11.6. The Balaban J connectivity index is 2.52. The fourth-order valence-corrected chi connectivity index (χ4v) is 1.44. The van der Waals surface area contributed by atoms with E-state index in [0.717, 1.165) is 0 Å². The number of aliphatic hydroxyl groups is 1. The second-order valence-corrected chi connectivity index (χ2v) is 3.89. The summed E-state index contributed by atoms with van der Waals surface area (Å²) >= 11 is 0. The molecule has 0 saturated heterocycles. The second kappa shape index (κ2) is 6.50. The van der Waals surface area contributed by atoms with Gasteiger partial charge in [-0.15, -0.1) is 0 Å². The Hall–Kier alpha value is -1.64. The van der Waals surface area contributed by atoms with Crippen molar-refractivity contribution in [1.82, 2.24) is 15.0 Å². The van der Waals surface area contributed by atoms with Crippen molar-refractivity contribution < 1.29 is 27.6 Å². The third-order valence-electron chi connectivity index (χ3n) is 2.22. The molecule has 0 aliphatic carbocycles. The molecule has 0 saturated carbocycles. The molecule has 0 fully saturated rings. The van der Waals surface area contributed by atoms with Crippen LogP contribution in [0.25, 0.3) is 0 Å². The molecule has 1 amide bonds. The van der Waals surface area contributed by atoms with E-state index in [2.05, 4.69) is 10.1 Å². The van der Waals surface area contributed by atoms with Gasteiger partial charge in [-0.3, -0.25) is 4.79 Å². The molecular formula is C10H14F3N3O3. The van der Waals surface area contributed by atoms with Crippen molar-refractivity contribution in [2.24, 2.45) is 0 Å². The Morgan fingerprint density at radius 1 is 1.47 bits per heavy atom. The van der Waals surface area contributed by atoms with Gasteiger partial charge in [0.15, 0.2) is 5.82 Å². The third-order valence-corrected chi connectivity index (χ3v) is 2.22. The monoisotopic (exact) mass is 281 g/mol. The SMILES string of the molecule is Cc1noc(CCC(=O)N(CCO)CC(F)(F)F)n1. The van der Waals surface area contributed by atoms with Crippen LogP contribution in [0.5, 0.6) is 0 Å². The van der Waals surface area contributed by atoms with Gasteiger partial charge in [-0.05, 0) is 6.92 Å². The van der Waals surface area contributed by atoms with E-state index < -0.39 is 25.2 Å². The van der Waals surface area contributed by atoms with Crippen molar-refractivity contribution >= 4 is 5.91 Å². The maximum absolute atomic E-state index is 12.2. The standard InChI is InChI=1S/C10H14F3N3O3/c1-7-14-8(19-15-7)2-3-9(18)16(4-5-17)6-10(11,12)13/h17H,2-6H2,1H3. The third kappa shape index (κ3) is 5.69. The van der Waals surface area contributed by atoms with Crippen molar-refractivity contribution in [3.05, 3.63) is 11.7 Å². The van der Waals surface area contributed by atoms with Crippen LogP contribution in [0.1, 0.15) is 18.1 Å². The van der Waals surface area contributed by atoms with Gasteiger partial charge in [0.2, 0.25) is 11.8 Å². The van der Waals surface area contributed by atoms with Crippen LogP contribution in [0.2, 0.25) is 0 Å². The number of nitrogens with zero attached hydrogens (tertiary/aromatic N) is 3. The molecule has 0 unspecified atom stereocenters. The van der Waals surface area contributed by atoms with Crippen LogP contribution >= 0.6 is 0 Å². The fourth-order valence-electron chi connectivity index (χ4n) is 1.44. The minimum Gasteiger partial charge on any atom is -0.395 e. The van der Waals surface area contributed by atoms with Crippen LogP contribution in [0, 0.1) is 6.92 Å². The number of amides is 1. The summed E-state index contributed by atoms with van der Waals surface area (Å²) in [7, 11) is 0. The van der Waals surface area contributed by atoms with Crippen molar-refractivity contribution in [2.45, 2.75) is 25.9 Å². The lowest BCUT2D eigenvalue weighted by molar-refractivity contribution is -0.162. The summed E-state index contributed by atoms with van der Waals surface area (Å²) in [6.07, 6.45) is -4.61. The quantitative estimate of drug-likeness (QED) is 0.830. The van der Waals surface area contributed by atoms with Crippen molar-refractivity contribution in [3.63, 3.8) is 0 Å². The Bertz CT molecular complexity index is 420. The smallest absolute Gasteiger partial charge is 0.395 e. The number of hydrogen-bond donors (Lipinski definition) is 1. The molecule has 0 spiro atoms. The number of carbonyl (C=O) groups is 1.